The molecule has 0 radical (unpaired) electrons. The number of fused-ring (bicyclic) bond motifs is 1. The number of benzene rings is 1. The van der Waals surface area contributed by atoms with Crippen LogP contribution < -0.4 is 0 Å². The minimum absolute atomic E-state index is 0.0340. The number of ether oxygens (including phenoxy) is 1. The zero-order valence-corrected chi connectivity index (χ0v) is 27.0. The van der Waals surface area contributed by atoms with Gasteiger partial charge in [-0.2, -0.15) is 0 Å². The number of rotatable bonds is 9. The highest BCUT2D eigenvalue weighted by molar-refractivity contribution is 7.10. The van der Waals surface area contributed by atoms with E-state index in [1.165, 1.54) is 29.5 Å². The first-order chi connectivity index (χ1) is 19.2. The number of hydrogen-bond acceptors (Lipinski definition) is 6. The Hall–Kier alpha value is -2.25. The molecule has 0 saturated carbocycles. The van der Waals surface area contributed by atoms with E-state index in [0.29, 0.717) is 38.3 Å². The van der Waals surface area contributed by atoms with Gasteiger partial charge in [-0.3, -0.25) is 9.59 Å². The predicted octanol–water partition coefficient (Wildman–Crippen LogP) is 7.38. The van der Waals surface area contributed by atoms with Crippen molar-refractivity contribution in [1.29, 1.82) is 0 Å². The van der Waals surface area contributed by atoms with Crippen molar-refractivity contribution < 1.29 is 19.4 Å². The number of esters is 1. The molecular formula is C34H50N2O4S. The topological polar surface area (TPSA) is 79.7 Å². The molecule has 0 unspecified atom stereocenters. The maximum absolute atomic E-state index is 13.5. The number of likely N-dealkylation sites (tertiary alicyclic amines) is 1. The minimum atomic E-state index is -0.577. The molecule has 0 spiro atoms. The number of amides is 1. The summed E-state index contributed by atoms with van der Waals surface area (Å²) in [6, 6.07) is 6.94. The first kappa shape index (κ1) is 31.7. The number of carbonyl (C=O) groups is 2. The molecule has 41 heavy (non-hydrogen) atoms. The van der Waals surface area contributed by atoms with Crippen LogP contribution in [0.5, 0.6) is 0 Å². The van der Waals surface area contributed by atoms with Gasteiger partial charge in [0.2, 0.25) is 5.91 Å². The van der Waals surface area contributed by atoms with Gasteiger partial charge in [-0.05, 0) is 87.3 Å². The Morgan fingerprint density at radius 3 is 2.37 bits per heavy atom. The standard InChI is InChI=1S/C34H50N2O4S/c1-32(2,3)40-29(38)21-25(10-8-9-19-37)31(39)36-17-13-23(14-18-36)30-35-28(22-41-30)24-11-12-26-27(20-24)34(6,7)16-15-33(26,4)5/h11-12,20,22-23,25,37H,8-10,13-19,21H2,1-7H3/t25-/m0/s1. The van der Waals surface area contributed by atoms with E-state index in [4.69, 9.17) is 9.72 Å². The van der Waals surface area contributed by atoms with Gasteiger partial charge in [-0.25, -0.2) is 4.98 Å². The van der Waals surface area contributed by atoms with Crippen LogP contribution in [0.25, 0.3) is 11.3 Å². The maximum Gasteiger partial charge on any atom is 0.307 e. The van der Waals surface area contributed by atoms with Gasteiger partial charge in [0.15, 0.2) is 0 Å². The SMILES string of the molecule is CC(C)(C)OC(=O)C[C@H](CCCCO)C(=O)N1CCC(c2nc(-c3ccc4c(c3)C(C)(C)CCC4(C)C)cs2)CC1. The summed E-state index contributed by atoms with van der Waals surface area (Å²) in [5, 5.41) is 12.6. The Labute approximate surface area is 250 Å². The summed E-state index contributed by atoms with van der Waals surface area (Å²) in [6.07, 6.45) is 6.17. The van der Waals surface area contributed by atoms with Crippen LogP contribution in [0.2, 0.25) is 0 Å². The van der Waals surface area contributed by atoms with E-state index in [9.17, 15) is 14.7 Å². The van der Waals surface area contributed by atoms with Gasteiger partial charge in [0.1, 0.15) is 5.60 Å². The molecule has 1 N–H and O–H groups in total. The summed E-state index contributed by atoms with van der Waals surface area (Å²) in [5.41, 5.74) is 4.95. The van der Waals surface area contributed by atoms with Crippen LogP contribution in [0.4, 0.5) is 0 Å². The number of aromatic nitrogens is 1. The second-order valence-corrected chi connectivity index (χ2v) is 15.3. The lowest BCUT2D eigenvalue weighted by Crippen LogP contribution is -2.42. The van der Waals surface area contributed by atoms with E-state index in [1.54, 1.807) is 11.3 Å². The summed E-state index contributed by atoms with van der Waals surface area (Å²) >= 11 is 1.73. The first-order valence-corrected chi connectivity index (χ1v) is 16.3. The molecule has 7 heteroatoms. The zero-order valence-electron chi connectivity index (χ0n) is 26.2. The molecule has 6 nitrogen and oxygen atoms in total. The lowest BCUT2D eigenvalue weighted by atomic mass is 9.63. The van der Waals surface area contributed by atoms with E-state index in [0.717, 1.165) is 23.5 Å². The molecule has 1 amide bonds. The smallest absolute Gasteiger partial charge is 0.307 e. The average molecular weight is 583 g/mol. The monoisotopic (exact) mass is 582 g/mol. The van der Waals surface area contributed by atoms with E-state index in [2.05, 4.69) is 51.3 Å². The molecule has 1 saturated heterocycles. The molecule has 1 aliphatic heterocycles. The average Bonchev–Trinajstić information content (AvgIpc) is 3.40. The van der Waals surface area contributed by atoms with Crippen molar-refractivity contribution in [3.8, 4) is 11.3 Å². The molecule has 1 aromatic carbocycles. The summed E-state index contributed by atoms with van der Waals surface area (Å²) in [4.78, 5) is 33.0. The first-order valence-electron chi connectivity index (χ1n) is 15.4. The lowest BCUT2D eigenvalue weighted by Gasteiger charge is -2.42. The van der Waals surface area contributed by atoms with Crippen molar-refractivity contribution in [2.75, 3.05) is 19.7 Å². The Bertz CT molecular complexity index is 1220. The largest absolute Gasteiger partial charge is 0.460 e. The Balaban J connectivity index is 1.41. The van der Waals surface area contributed by atoms with Crippen molar-refractivity contribution in [2.45, 2.75) is 122 Å². The fraction of sp³-hybridized carbons (Fsp3) is 0.676. The van der Waals surface area contributed by atoms with Gasteiger partial charge in [0, 0.05) is 42.5 Å². The highest BCUT2D eigenvalue weighted by Gasteiger charge is 2.37. The van der Waals surface area contributed by atoms with Gasteiger partial charge in [-0.15, -0.1) is 11.3 Å². The van der Waals surface area contributed by atoms with Crippen LogP contribution in [-0.2, 0) is 25.2 Å². The van der Waals surface area contributed by atoms with Gasteiger partial charge >= 0.3 is 5.97 Å². The second kappa shape index (κ2) is 12.5. The second-order valence-electron chi connectivity index (χ2n) is 14.4. The molecule has 1 aliphatic carbocycles. The van der Waals surface area contributed by atoms with Crippen LogP contribution in [0, 0.1) is 5.92 Å². The fourth-order valence-electron chi connectivity index (χ4n) is 6.36. The highest BCUT2D eigenvalue weighted by Crippen LogP contribution is 2.47. The summed E-state index contributed by atoms with van der Waals surface area (Å²) in [7, 11) is 0. The zero-order chi connectivity index (χ0) is 30.0. The van der Waals surface area contributed by atoms with Crippen LogP contribution in [-0.4, -0.2) is 52.2 Å². The van der Waals surface area contributed by atoms with Crippen molar-refractivity contribution in [3.63, 3.8) is 0 Å². The molecule has 2 aliphatic rings. The van der Waals surface area contributed by atoms with Crippen molar-refractivity contribution in [1.82, 2.24) is 9.88 Å². The minimum Gasteiger partial charge on any atom is -0.460 e. The molecule has 2 heterocycles. The van der Waals surface area contributed by atoms with Gasteiger partial charge in [0.25, 0.3) is 0 Å². The number of thiazole rings is 1. The molecule has 0 bridgehead atoms. The van der Waals surface area contributed by atoms with Crippen LogP contribution >= 0.6 is 11.3 Å². The number of hydrogen-bond donors (Lipinski definition) is 1. The molecule has 226 valence electrons. The summed E-state index contributed by atoms with van der Waals surface area (Å²) < 4.78 is 5.51. The normalized spacial score (nSPS) is 19.5. The predicted molar refractivity (Wildman–Crippen MR) is 166 cm³/mol. The van der Waals surface area contributed by atoms with Crippen LogP contribution in [0.15, 0.2) is 23.6 Å². The highest BCUT2D eigenvalue weighted by atomic mass is 32.1. The Kier molecular flexibility index (Phi) is 9.69. The number of nitrogens with zero attached hydrogens (tertiary/aromatic N) is 2. The van der Waals surface area contributed by atoms with Crippen molar-refractivity contribution in [2.24, 2.45) is 5.92 Å². The molecule has 1 aromatic heterocycles. The van der Waals surface area contributed by atoms with E-state index in [-0.39, 0.29) is 35.7 Å². The van der Waals surface area contributed by atoms with E-state index < -0.39 is 11.5 Å². The van der Waals surface area contributed by atoms with Gasteiger partial charge < -0.3 is 14.7 Å². The third kappa shape index (κ3) is 7.78. The number of unbranched alkanes of at least 4 members (excludes halogenated alkanes) is 1. The van der Waals surface area contributed by atoms with Crippen molar-refractivity contribution in [3.05, 3.63) is 39.7 Å². The molecular weight excluding hydrogens is 532 g/mol. The summed E-state index contributed by atoms with van der Waals surface area (Å²) in [5.74, 6) is -0.368. The Morgan fingerprint density at radius 1 is 1.07 bits per heavy atom. The van der Waals surface area contributed by atoms with E-state index >= 15 is 0 Å². The summed E-state index contributed by atoms with van der Waals surface area (Å²) in [6.45, 7) is 16.4. The molecule has 1 atom stereocenters. The quantitative estimate of drug-likeness (QED) is 0.247. The Morgan fingerprint density at radius 2 is 1.73 bits per heavy atom. The van der Waals surface area contributed by atoms with Gasteiger partial charge in [0.05, 0.1) is 17.1 Å². The fourth-order valence-corrected chi connectivity index (χ4v) is 7.36. The number of aliphatic hydroxyl groups excluding tert-OH is 1. The third-order valence-corrected chi connectivity index (χ3v) is 9.98. The number of aliphatic hydroxyl groups is 1. The lowest BCUT2D eigenvalue weighted by molar-refractivity contribution is -0.158. The van der Waals surface area contributed by atoms with Gasteiger partial charge in [-0.1, -0.05) is 46.2 Å². The molecule has 4 rings (SSSR count). The van der Waals surface area contributed by atoms with Crippen molar-refractivity contribution >= 4 is 23.2 Å². The molecule has 2 aromatic rings. The van der Waals surface area contributed by atoms with Crippen LogP contribution in [0.3, 0.4) is 0 Å². The third-order valence-electron chi connectivity index (χ3n) is 8.97. The molecule has 1 fully saturated rings. The van der Waals surface area contributed by atoms with Crippen LogP contribution in [0.1, 0.15) is 122 Å². The number of piperidine rings is 1. The maximum atomic E-state index is 13.5. The van der Waals surface area contributed by atoms with E-state index in [1.807, 2.05) is 25.7 Å². The number of carbonyl (C=O) groups excluding carboxylic acids is 2.